The van der Waals surface area contributed by atoms with E-state index in [4.69, 9.17) is 4.84 Å². The second-order valence-electron chi connectivity index (χ2n) is 9.23. The second kappa shape index (κ2) is 9.03. The van der Waals surface area contributed by atoms with Gasteiger partial charge < -0.3 is 0 Å². The van der Waals surface area contributed by atoms with E-state index in [2.05, 4.69) is 24.5 Å². The molecule has 30 heavy (non-hydrogen) atoms. The Morgan fingerprint density at radius 3 is 2.67 bits per heavy atom. The number of halogens is 1. The number of piperidine rings is 1. The van der Waals surface area contributed by atoms with Crippen molar-refractivity contribution in [2.45, 2.75) is 64.0 Å². The molecule has 2 fully saturated rings. The molecular weight excluding hydrogens is 379 g/mol. The molecule has 2 saturated heterocycles. The first-order valence-electron chi connectivity index (χ1n) is 11.2. The Balaban J connectivity index is 1.32. The molecule has 4 nitrogen and oxygen atoms in total. The van der Waals surface area contributed by atoms with Gasteiger partial charge in [0.1, 0.15) is 12.4 Å². The zero-order valence-electron chi connectivity index (χ0n) is 18.0. The van der Waals surface area contributed by atoms with Crippen LogP contribution in [0.5, 0.6) is 0 Å². The Morgan fingerprint density at radius 1 is 1.23 bits per heavy atom. The van der Waals surface area contributed by atoms with E-state index >= 15 is 0 Å². The molecule has 0 radical (unpaired) electrons. The predicted octanol–water partition coefficient (Wildman–Crippen LogP) is 5.02. The smallest absolute Gasteiger partial charge is 0.246 e. The molecule has 162 valence electrons. The van der Waals surface area contributed by atoms with Crippen molar-refractivity contribution in [2.75, 3.05) is 19.6 Å². The lowest BCUT2D eigenvalue weighted by Gasteiger charge is -2.44. The number of hydroxylamine groups is 2. The lowest BCUT2D eigenvalue weighted by Crippen LogP contribution is -2.53. The van der Waals surface area contributed by atoms with Gasteiger partial charge >= 0.3 is 0 Å². The van der Waals surface area contributed by atoms with Gasteiger partial charge in [-0.05, 0) is 57.4 Å². The molecule has 0 bridgehead atoms. The van der Waals surface area contributed by atoms with Gasteiger partial charge in [-0.25, -0.2) is 9.45 Å². The molecule has 0 N–H and O–H groups in total. The summed E-state index contributed by atoms with van der Waals surface area (Å²) >= 11 is 0. The molecule has 1 aromatic rings. The molecule has 1 amide bonds. The highest BCUT2D eigenvalue weighted by Crippen LogP contribution is 2.40. The second-order valence-corrected chi connectivity index (χ2v) is 9.23. The number of hydrogen-bond donors (Lipinski definition) is 0. The van der Waals surface area contributed by atoms with Crippen LogP contribution in [0, 0.1) is 11.7 Å². The normalized spacial score (nSPS) is 24.3. The van der Waals surface area contributed by atoms with E-state index < -0.39 is 0 Å². The third-order valence-electron chi connectivity index (χ3n) is 7.18. The van der Waals surface area contributed by atoms with E-state index in [0.29, 0.717) is 17.9 Å². The van der Waals surface area contributed by atoms with Gasteiger partial charge in [-0.2, -0.15) is 0 Å². The summed E-state index contributed by atoms with van der Waals surface area (Å²) in [5, 5.41) is 1.59. The molecule has 1 spiro atoms. The number of rotatable bonds is 6. The largest absolute Gasteiger partial charge is 0.299 e. The molecule has 1 atom stereocenters. The zero-order valence-corrected chi connectivity index (χ0v) is 18.0. The molecule has 3 aliphatic rings. The van der Waals surface area contributed by atoms with Crippen molar-refractivity contribution in [1.29, 1.82) is 0 Å². The molecule has 1 aromatic carbocycles. The fraction of sp³-hybridized carbons (Fsp3) is 0.560. The van der Waals surface area contributed by atoms with Crippen LogP contribution in [0.15, 0.2) is 48.1 Å². The highest BCUT2D eigenvalue weighted by atomic mass is 19.1. The SMILES string of the molecule is C=C(C)[C@@H]1CC=C(CN2CCC3(CCC(=O)N3OCc3ccccc3F)CC2)CC1. The number of carbonyl (C=O) groups is 1. The minimum absolute atomic E-state index is 0.0283. The van der Waals surface area contributed by atoms with Crippen molar-refractivity contribution in [1.82, 2.24) is 9.96 Å². The first kappa shape index (κ1) is 21.3. The van der Waals surface area contributed by atoms with Gasteiger partial charge in [0.05, 0.1) is 5.54 Å². The van der Waals surface area contributed by atoms with Gasteiger partial charge in [-0.1, -0.05) is 42.0 Å². The summed E-state index contributed by atoms with van der Waals surface area (Å²) in [5.74, 6) is 0.381. The Labute approximate surface area is 179 Å². The van der Waals surface area contributed by atoms with Crippen molar-refractivity contribution in [3.63, 3.8) is 0 Å². The number of hydrogen-bond acceptors (Lipinski definition) is 3. The highest BCUT2D eigenvalue weighted by Gasteiger charge is 2.48. The monoisotopic (exact) mass is 412 g/mol. The molecule has 0 saturated carbocycles. The number of nitrogens with zero attached hydrogens (tertiary/aromatic N) is 2. The van der Waals surface area contributed by atoms with Crippen molar-refractivity contribution in [2.24, 2.45) is 5.92 Å². The van der Waals surface area contributed by atoms with E-state index in [1.54, 1.807) is 28.8 Å². The summed E-state index contributed by atoms with van der Waals surface area (Å²) in [7, 11) is 0. The molecule has 0 aromatic heterocycles. The Bertz CT molecular complexity index is 826. The van der Waals surface area contributed by atoms with Crippen molar-refractivity contribution >= 4 is 5.91 Å². The van der Waals surface area contributed by atoms with Gasteiger partial charge in [0, 0.05) is 31.6 Å². The number of likely N-dealkylation sites (tertiary alicyclic amines) is 1. The minimum Gasteiger partial charge on any atom is -0.299 e. The molecule has 4 rings (SSSR count). The van der Waals surface area contributed by atoms with Crippen LogP contribution in [0.3, 0.4) is 0 Å². The van der Waals surface area contributed by atoms with E-state index in [-0.39, 0.29) is 23.9 Å². The van der Waals surface area contributed by atoms with Crippen LogP contribution in [0.1, 0.15) is 57.4 Å². The lowest BCUT2D eigenvalue weighted by atomic mass is 9.84. The Morgan fingerprint density at radius 2 is 2.00 bits per heavy atom. The van der Waals surface area contributed by atoms with E-state index in [9.17, 15) is 9.18 Å². The standard InChI is InChI=1S/C25H33FN2O2/c1-19(2)21-9-7-20(8-10-21)17-27-15-13-25(14-16-27)12-11-24(29)28(25)30-18-22-5-3-4-6-23(22)26/h3-7,21H,1,8-18H2,2H3/t21-/m1/s1. The van der Waals surface area contributed by atoms with Gasteiger partial charge in [0.25, 0.3) is 0 Å². The van der Waals surface area contributed by atoms with Gasteiger partial charge in [0.2, 0.25) is 5.91 Å². The van der Waals surface area contributed by atoms with Crippen molar-refractivity contribution < 1.29 is 14.0 Å². The van der Waals surface area contributed by atoms with Gasteiger partial charge in [-0.15, -0.1) is 0 Å². The van der Waals surface area contributed by atoms with Gasteiger partial charge in [-0.3, -0.25) is 14.5 Å². The average Bonchev–Trinajstić information content (AvgIpc) is 3.05. The van der Waals surface area contributed by atoms with Crippen LogP contribution in [-0.4, -0.2) is 41.0 Å². The van der Waals surface area contributed by atoms with Crippen LogP contribution in [0.25, 0.3) is 0 Å². The summed E-state index contributed by atoms with van der Waals surface area (Å²) in [4.78, 5) is 20.9. The van der Waals surface area contributed by atoms with E-state index in [0.717, 1.165) is 51.7 Å². The van der Waals surface area contributed by atoms with Crippen LogP contribution in [0.4, 0.5) is 4.39 Å². The van der Waals surface area contributed by atoms with Gasteiger partial charge in [0.15, 0.2) is 0 Å². The summed E-state index contributed by atoms with van der Waals surface area (Å²) < 4.78 is 13.9. The molecule has 1 aliphatic carbocycles. The summed E-state index contributed by atoms with van der Waals surface area (Å²) in [6.45, 7) is 9.30. The fourth-order valence-corrected chi connectivity index (χ4v) is 5.11. The van der Waals surface area contributed by atoms with Crippen molar-refractivity contribution in [3.05, 3.63) is 59.4 Å². The fourth-order valence-electron chi connectivity index (χ4n) is 5.11. The third-order valence-corrected chi connectivity index (χ3v) is 7.18. The highest BCUT2D eigenvalue weighted by molar-refractivity contribution is 5.78. The topological polar surface area (TPSA) is 32.8 Å². The maximum absolute atomic E-state index is 13.9. The van der Waals surface area contributed by atoms with E-state index in [1.807, 2.05) is 0 Å². The number of benzene rings is 1. The Hall–Kier alpha value is -1.98. The number of allylic oxidation sites excluding steroid dienone is 2. The van der Waals surface area contributed by atoms with Crippen LogP contribution in [-0.2, 0) is 16.2 Å². The minimum atomic E-state index is -0.289. The molecule has 2 heterocycles. The summed E-state index contributed by atoms with van der Waals surface area (Å²) in [5.41, 5.74) is 3.09. The molecular formula is C25H33FN2O2. The van der Waals surface area contributed by atoms with Crippen molar-refractivity contribution in [3.8, 4) is 0 Å². The third kappa shape index (κ3) is 4.52. The summed E-state index contributed by atoms with van der Waals surface area (Å²) in [6, 6.07) is 6.59. The predicted molar refractivity (Wildman–Crippen MR) is 116 cm³/mol. The van der Waals surface area contributed by atoms with Crippen LogP contribution >= 0.6 is 0 Å². The lowest BCUT2D eigenvalue weighted by molar-refractivity contribution is -0.222. The zero-order chi connectivity index (χ0) is 21.1. The van der Waals surface area contributed by atoms with Crippen LogP contribution < -0.4 is 0 Å². The Kier molecular flexibility index (Phi) is 6.40. The first-order chi connectivity index (χ1) is 14.5. The maximum atomic E-state index is 13.9. The first-order valence-corrected chi connectivity index (χ1v) is 11.2. The molecule has 5 heteroatoms. The van der Waals surface area contributed by atoms with Crippen LogP contribution in [0.2, 0.25) is 0 Å². The maximum Gasteiger partial charge on any atom is 0.246 e. The molecule has 2 aliphatic heterocycles. The average molecular weight is 413 g/mol. The quantitative estimate of drug-likeness (QED) is 0.615. The van der Waals surface area contributed by atoms with E-state index in [1.165, 1.54) is 18.1 Å². The molecule has 0 unspecified atom stereocenters. The number of amides is 1. The number of carbonyl (C=O) groups excluding carboxylic acids is 1. The summed E-state index contributed by atoms with van der Waals surface area (Å²) in [6.07, 6.45) is 9.09.